The van der Waals surface area contributed by atoms with Crippen molar-refractivity contribution in [3.05, 3.63) is 77.7 Å². The molecule has 0 aliphatic rings. The lowest BCUT2D eigenvalue weighted by atomic mass is 10.0. The minimum Gasteiger partial charge on any atom is -0.219 e. The van der Waals surface area contributed by atoms with Gasteiger partial charge in [-0.05, 0) is 44.8 Å². The molecule has 0 saturated carbocycles. The van der Waals surface area contributed by atoms with E-state index in [0.29, 0.717) is 4.73 Å². The van der Waals surface area contributed by atoms with Gasteiger partial charge in [-0.3, -0.25) is 0 Å². The van der Waals surface area contributed by atoms with Crippen LogP contribution < -0.4 is 0 Å². The zero-order chi connectivity index (χ0) is 14.9. The predicted octanol–water partition coefficient (Wildman–Crippen LogP) is 4.83. The van der Waals surface area contributed by atoms with Crippen LogP contribution in [-0.2, 0) is 0 Å². The highest BCUT2D eigenvalue weighted by Crippen LogP contribution is 2.27. The summed E-state index contributed by atoms with van der Waals surface area (Å²) in [6.07, 6.45) is 1.90. The number of rotatable bonds is 2. The summed E-state index contributed by atoms with van der Waals surface area (Å²) in [5.41, 5.74) is 5.48. The molecule has 2 heterocycles. The number of hydrogen-bond donors (Lipinski definition) is 0. The van der Waals surface area contributed by atoms with Gasteiger partial charge in [0.15, 0.2) is 5.65 Å². The molecule has 2 aromatic carbocycles. The Kier molecular flexibility index (Phi) is 3.24. The summed E-state index contributed by atoms with van der Waals surface area (Å²) in [7, 11) is 0. The number of fused-ring (bicyclic) bond motifs is 1. The molecule has 4 rings (SSSR count). The molecule has 0 aliphatic carbocycles. The van der Waals surface area contributed by atoms with Crippen LogP contribution in [0.1, 0.15) is 0 Å². The van der Waals surface area contributed by atoms with Crippen molar-refractivity contribution in [3.8, 4) is 22.3 Å². The van der Waals surface area contributed by atoms with Crippen LogP contribution in [0.2, 0.25) is 0 Å². The van der Waals surface area contributed by atoms with Crippen molar-refractivity contribution in [1.82, 2.24) is 14.6 Å². The molecule has 2 aromatic heterocycles. The second-order valence-electron chi connectivity index (χ2n) is 5.01. The second kappa shape index (κ2) is 5.39. The van der Waals surface area contributed by atoms with E-state index in [1.807, 2.05) is 18.3 Å². The first-order valence-electron chi connectivity index (χ1n) is 6.98. The number of aromatic nitrogens is 3. The molecule has 0 fully saturated rings. The van der Waals surface area contributed by atoms with E-state index in [0.717, 1.165) is 16.8 Å². The molecule has 106 valence electrons. The maximum Gasteiger partial charge on any atom is 0.218 e. The van der Waals surface area contributed by atoms with Crippen LogP contribution >= 0.6 is 15.9 Å². The monoisotopic (exact) mass is 349 g/mol. The van der Waals surface area contributed by atoms with E-state index in [1.165, 1.54) is 11.1 Å². The number of pyridine rings is 1. The Morgan fingerprint density at radius 2 is 1.41 bits per heavy atom. The van der Waals surface area contributed by atoms with E-state index in [-0.39, 0.29) is 0 Å². The molecule has 0 spiro atoms. The van der Waals surface area contributed by atoms with E-state index < -0.39 is 0 Å². The lowest BCUT2D eigenvalue weighted by Crippen LogP contribution is -1.89. The third-order valence-electron chi connectivity index (χ3n) is 3.64. The minimum absolute atomic E-state index is 0.598. The Morgan fingerprint density at radius 1 is 0.727 bits per heavy atom. The molecule has 0 unspecified atom stereocenters. The summed E-state index contributed by atoms with van der Waals surface area (Å²) in [5.74, 6) is 0. The summed E-state index contributed by atoms with van der Waals surface area (Å²) in [6.45, 7) is 0. The van der Waals surface area contributed by atoms with Crippen molar-refractivity contribution in [3.63, 3.8) is 0 Å². The van der Waals surface area contributed by atoms with Crippen LogP contribution in [0.15, 0.2) is 77.7 Å². The van der Waals surface area contributed by atoms with Crippen LogP contribution in [0.25, 0.3) is 27.9 Å². The van der Waals surface area contributed by atoms with Gasteiger partial charge in [-0.1, -0.05) is 54.6 Å². The SMILES string of the molecule is Brc1nc2c(-c3ccc(-c4ccccc4)cc3)cccn2n1. The van der Waals surface area contributed by atoms with Gasteiger partial charge >= 0.3 is 0 Å². The molecule has 0 aliphatic heterocycles. The fraction of sp³-hybridized carbons (Fsp3) is 0. The average molecular weight is 350 g/mol. The molecule has 0 saturated heterocycles. The van der Waals surface area contributed by atoms with E-state index in [2.05, 4.69) is 80.6 Å². The normalized spacial score (nSPS) is 11.0. The zero-order valence-corrected chi connectivity index (χ0v) is 13.2. The smallest absolute Gasteiger partial charge is 0.218 e. The molecular weight excluding hydrogens is 338 g/mol. The van der Waals surface area contributed by atoms with E-state index in [4.69, 9.17) is 0 Å². The summed E-state index contributed by atoms with van der Waals surface area (Å²) >= 11 is 3.33. The second-order valence-corrected chi connectivity index (χ2v) is 5.72. The average Bonchev–Trinajstić information content (AvgIpc) is 2.96. The highest BCUT2D eigenvalue weighted by molar-refractivity contribution is 9.10. The van der Waals surface area contributed by atoms with Gasteiger partial charge in [-0.2, -0.15) is 0 Å². The Bertz CT molecular complexity index is 928. The number of halogens is 1. The van der Waals surface area contributed by atoms with Gasteiger partial charge in [-0.25, -0.2) is 9.50 Å². The van der Waals surface area contributed by atoms with Crippen molar-refractivity contribution in [2.24, 2.45) is 0 Å². The molecule has 0 amide bonds. The van der Waals surface area contributed by atoms with E-state index in [9.17, 15) is 0 Å². The van der Waals surface area contributed by atoms with Gasteiger partial charge in [0, 0.05) is 11.8 Å². The molecule has 22 heavy (non-hydrogen) atoms. The molecule has 4 heteroatoms. The molecule has 0 bridgehead atoms. The topological polar surface area (TPSA) is 30.2 Å². The van der Waals surface area contributed by atoms with Gasteiger partial charge in [0.1, 0.15) is 0 Å². The molecular formula is C18H12BrN3. The minimum atomic E-state index is 0.598. The standard InChI is InChI=1S/C18H12BrN3/c19-18-20-17-16(7-4-12-22(17)21-18)15-10-8-14(9-11-15)13-5-2-1-3-6-13/h1-12H. The van der Waals surface area contributed by atoms with Gasteiger partial charge in [0.25, 0.3) is 0 Å². The maximum atomic E-state index is 4.44. The van der Waals surface area contributed by atoms with Crippen LogP contribution in [0.5, 0.6) is 0 Å². The van der Waals surface area contributed by atoms with Crippen molar-refractivity contribution in [2.75, 3.05) is 0 Å². The number of benzene rings is 2. The van der Waals surface area contributed by atoms with Crippen LogP contribution in [-0.4, -0.2) is 14.6 Å². The summed E-state index contributed by atoms with van der Waals surface area (Å²) < 4.78 is 2.38. The van der Waals surface area contributed by atoms with Crippen molar-refractivity contribution in [2.45, 2.75) is 0 Å². The Labute approximate surface area is 136 Å². The van der Waals surface area contributed by atoms with E-state index >= 15 is 0 Å². The predicted molar refractivity (Wildman–Crippen MR) is 91.6 cm³/mol. The molecule has 0 N–H and O–H groups in total. The van der Waals surface area contributed by atoms with Gasteiger partial charge in [0.2, 0.25) is 4.73 Å². The largest absolute Gasteiger partial charge is 0.219 e. The van der Waals surface area contributed by atoms with Crippen LogP contribution in [0.4, 0.5) is 0 Å². The third-order valence-corrected chi connectivity index (χ3v) is 3.98. The summed E-state index contributed by atoms with van der Waals surface area (Å²) in [6, 6.07) is 22.9. The fourth-order valence-electron chi connectivity index (χ4n) is 2.58. The fourth-order valence-corrected chi connectivity index (χ4v) is 2.92. The first-order valence-corrected chi connectivity index (χ1v) is 7.77. The Hall–Kier alpha value is -2.46. The van der Waals surface area contributed by atoms with Crippen LogP contribution in [0.3, 0.4) is 0 Å². The Morgan fingerprint density at radius 3 is 2.18 bits per heavy atom. The van der Waals surface area contributed by atoms with Crippen molar-refractivity contribution in [1.29, 1.82) is 0 Å². The first kappa shape index (κ1) is 13.2. The zero-order valence-electron chi connectivity index (χ0n) is 11.6. The third kappa shape index (κ3) is 2.31. The summed E-state index contributed by atoms with van der Waals surface area (Å²) in [4.78, 5) is 4.44. The lowest BCUT2D eigenvalue weighted by Gasteiger charge is -2.05. The Balaban J connectivity index is 1.79. The number of hydrogen-bond acceptors (Lipinski definition) is 2. The van der Waals surface area contributed by atoms with Crippen molar-refractivity contribution < 1.29 is 0 Å². The molecule has 3 nitrogen and oxygen atoms in total. The van der Waals surface area contributed by atoms with Crippen molar-refractivity contribution >= 4 is 21.6 Å². The number of nitrogens with zero attached hydrogens (tertiary/aromatic N) is 3. The summed E-state index contributed by atoms with van der Waals surface area (Å²) in [5, 5.41) is 4.29. The maximum absolute atomic E-state index is 4.44. The van der Waals surface area contributed by atoms with Gasteiger partial charge in [-0.15, -0.1) is 5.10 Å². The molecule has 0 radical (unpaired) electrons. The molecule has 0 atom stereocenters. The van der Waals surface area contributed by atoms with Gasteiger partial charge in [0.05, 0.1) is 0 Å². The quantitative estimate of drug-likeness (QED) is 0.519. The van der Waals surface area contributed by atoms with E-state index in [1.54, 1.807) is 4.52 Å². The molecule has 4 aromatic rings. The van der Waals surface area contributed by atoms with Crippen LogP contribution in [0, 0.1) is 0 Å². The highest BCUT2D eigenvalue weighted by atomic mass is 79.9. The van der Waals surface area contributed by atoms with Gasteiger partial charge < -0.3 is 0 Å². The highest BCUT2D eigenvalue weighted by Gasteiger charge is 2.08. The first-order chi connectivity index (χ1) is 10.8. The lowest BCUT2D eigenvalue weighted by molar-refractivity contribution is 0.946.